The number of hydrogen-bond donors (Lipinski definition) is 1. The van der Waals surface area contributed by atoms with Crippen molar-refractivity contribution in [3.8, 4) is 0 Å². The molecule has 0 aliphatic carbocycles. The summed E-state index contributed by atoms with van der Waals surface area (Å²) in [4.78, 5) is 15.3. The van der Waals surface area contributed by atoms with Gasteiger partial charge in [-0.15, -0.1) is 11.3 Å². The standard InChI is InChI=1S/C12H13N3O4S2/c16-11(17)7-9-1-2-12(20-9)21(18,19)15-6-5-14-4-3-13-10(14)8-15/h1-4H,5-8H2,(H,16,17). The van der Waals surface area contributed by atoms with Crippen molar-refractivity contribution < 1.29 is 18.3 Å². The molecule has 0 saturated heterocycles. The summed E-state index contributed by atoms with van der Waals surface area (Å²) in [7, 11) is -3.59. The number of nitrogens with zero attached hydrogens (tertiary/aromatic N) is 3. The zero-order chi connectivity index (χ0) is 15.0. The third-order valence-electron chi connectivity index (χ3n) is 3.27. The Labute approximate surface area is 125 Å². The van der Waals surface area contributed by atoms with E-state index in [1.165, 1.54) is 10.4 Å². The number of aliphatic carboxylic acids is 1. The lowest BCUT2D eigenvalue weighted by Gasteiger charge is -2.26. The Morgan fingerprint density at radius 2 is 2.19 bits per heavy atom. The molecule has 3 rings (SSSR count). The lowest BCUT2D eigenvalue weighted by Crippen LogP contribution is -2.37. The van der Waals surface area contributed by atoms with E-state index in [4.69, 9.17) is 5.11 Å². The maximum Gasteiger partial charge on any atom is 0.308 e. The van der Waals surface area contributed by atoms with Crippen LogP contribution in [0.5, 0.6) is 0 Å². The first-order chi connectivity index (χ1) is 9.96. The number of imidazole rings is 1. The van der Waals surface area contributed by atoms with Crippen LogP contribution in [0.2, 0.25) is 0 Å². The van der Waals surface area contributed by atoms with Crippen LogP contribution < -0.4 is 0 Å². The summed E-state index contributed by atoms with van der Waals surface area (Å²) in [5.74, 6) is -0.257. The number of carboxylic acids is 1. The zero-order valence-electron chi connectivity index (χ0n) is 11.0. The molecule has 0 atom stereocenters. The van der Waals surface area contributed by atoms with E-state index in [1.807, 2.05) is 10.8 Å². The van der Waals surface area contributed by atoms with Crippen molar-refractivity contribution in [1.29, 1.82) is 0 Å². The van der Waals surface area contributed by atoms with Crippen molar-refractivity contribution in [1.82, 2.24) is 13.9 Å². The van der Waals surface area contributed by atoms with Crippen LogP contribution in [-0.2, 0) is 34.3 Å². The van der Waals surface area contributed by atoms with Crippen molar-refractivity contribution in [2.45, 2.75) is 23.7 Å². The highest BCUT2D eigenvalue weighted by Gasteiger charge is 2.30. The number of fused-ring (bicyclic) bond motifs is 1. The van der Waals surface area contributed by atoms with Gasteiger partial charge in [-0.2, -0.15) is 4.31 Å². The van der Waals surface area contributed by atoms with Gasteiger partial charge in [-0.05, 0) is 12.1 Å². The molecule has 0 aromatic carbocycles. The fourth-order valence-corrected chi connectivity index (χ4v) is 5.11. The van der Waals surface area contributed by atoms with Crippen molar-refractivity contribution >= 4 is 27.3 Å². The summed E-state index contributed by atoms with van der Waals surface area (Å²) in [6, 6.07) is 3.02. The van der Waals surface area contributed by atoms with Crippen molar-refractivity contribution in [2.24, 2.45) is 0 Å². The normalized spacial score (nSPS) is 15.8. The Morgan fingerprint density at radius 3 is 2.95 bits per heavy atom. The summed E-state index contributed by atoms with van der Waals surface area (Å²) >= 11 is 1.01. The van der Waals surface area contributed by atoms with E-state index >= 15 is 0 Å². The van der Waals surface area contributed by atoms with E-state index in [1.54, 1.807) is 12.3 Å². The number of sulfonamides is 1. The molecule has 0 saturated carbocycles. The third kappa shape index (κ3) is 2.71. The molecule has 7 nitrogen and oxygen atoms in total. The number of rotatable bonds is 4. The van der Waals surface area contributed by atoms with Crippen LogP contribution in [0.4, 0.5) is 0 Å². The molecule has 3 heterocycles. The van der Waals surface area contributed by atoms with Gasteiger partial charge in [0, 0.05) is 30.4 Å². The first kappa shape index (κ1) is 14.2. The van der Waals surface area contributed by atoms with Crippen molar-refractivity contribution in [3.63, 3.8) is 0 Å². The summed E-state index contributed by atoms with van der Waals surface area (Å²) < 4.78 is 28.6. The van der Waals surface area contributed by atoms with Crippen LogP contribution in [0.15, 0.2) is 28.7 Å². The second kappa shape index (κ2) is 5.24. The van der Waals surface area contributed by atoms with Gasteiger partial charge in [0.15, 0.2) is 0 Å². The number of thiophene rings is 1. The monoisotopic (exact) mass is 327 g/mol. The fraction of sp³-hybridized carbons (Fsp3) is 0.333. The molecule has 21 heavy (non-hydrogen) atoms. The van der Waals surface area contributed by atoms with Gasteiger partial charge in [0.05, 0.1) is 13.0 Å². The molecule has 1 N–H and O–H groups in total. The predicted octanol–water partition coefficient (Wildman–Crippen LogP) is 0.776. The predicted molar refractivity (Wildman–Crippen MR) is 75.5 cm³/mol. The Kier molecular flexibility index (Phi) is 3.56. The van der Waals surface area contributed by atoms with E-state index in [0.717, 1.165) is 11.3 Å². The van der Waals surface area contributed by atoms with Gasteiger partial charge in [0.2, 0.25) is 0 Å². The number of carboxylic acid groups (broad SMARTS) is 1. The molecule has 0 amide bonds. The van der Waals surface area contributed by atoms with Gasteiger partial charge >= 0.3 is 5.97 Å². The molecule has 1 aliphatic heterocycles. The number of hydrogen-bond acceptors (Lipinski definition) is 5. The molecule has 2 aromatic heterocycles. The maximum absolute atomic E-state index is 12.6. The number of aromatic nitrogens is 2. The Morgan fingerprint density at radius 1 is 1.38 bits per heavy atom. The van der Waals surface area contributed by atoms with E-state index in [9.17, 15) is 13.2 Å². The van der Waals surface area contributed by atoms with Crippen LogP contribution in [-0.4, -0.2) is 39.9 Å². The number of carbonyl (C=O) groups is 1. The lowest BCUT2D eigenvalue weighted by molar-refractivity contribution is -0.136. The molecular weight excluding hydrogens is 314 g/mol. The molecule has 0 spiro atoms. The maximum atomic E-state index is 12.6. The average molecular weight is 327 g/mol. The molecular formula is C12H13N3O4S2. The van der Waals surface area contributed by atoms with Gasteiger partial charge in [-0.1, -0.05) is 0 Å². The van der Waals surface area contributed by atoms with Crippen LogP contribution in [0.3, 0.4) is 0 Å². The Bertz CT molecular complexity index is 778. The van der Waals surface area contributed by atoms with Crippen LogP contribution in [0, 0.1) is 0 Å². The van der Waals surface area contributed by atoms with Gasteiger partial charge in [0.25, 0.3) is 10.0 Å². The SMILES string of the molecule is O=C(O)Cc1ccc(S(=O)(=O)N2CCn3ccnc3C2)s1. The van der Waals surface area contributed by atoms with Crippen LogP contribution in [0.25, 0.3) is 0 Å². The largest absolute Gasteiger partial charge is 0.481 e. The summed E-state index contributed by atoms with van der Waals surface area (Å²) in [6.45, 7) is 1.20. The molecule has 0 radical (unpaired) electrons. The first-order valence-electron chi connectivity index (χ1n) is 6.27. The second-order valence-corrected chi connectivity index (χ2v) is 8.00. The van der Waals surface area contributed by atoms with Crippen molar-refractivity contribution in [3.05, 3.63) is 35.2 Å². The summed E-state index contributed by atoms with van der Waals surface area (Å²) in [5.41, 5.74) is 0. The third-order valence-corrected chi connectivity index (χ3v) is 6.66. The summed E-state index contributed by atoms with van der Waals surface area (Å²) in [6.07, 6.45) is 3.32. The topological polar surface area (TPSA) is 92.5 Å². The molecule has 0 bridgehead atoms. The minimum absolute atomic E-state index is 0.162. The fourth-order valence-electron chi connectivity index (χ4n) is 2.22. The summed E-state index contributed by atoms with van der Waals surface area (Å²) in [5, 5.41) is 8.75. The molecule has 112 valence electrons. The smallest absolute Gasteiger partial charge is 0.308 e. The Balaban J connectivity index is 1.84. The quantitative estimate of drug-likeness (QED) is 0.895. The lowest BCUT2D eigenvalue weighted by atomic mass is 10.3. The first-order valence-corrected chi connectivity index (χ1v) is 8.53. The van der Waals surface area contributed by atoms with Crippen molar-refractivity contribution in [2.75, 3.05) is 6.54 Å². The minimum atomic E-state index is -3.59. The van der Waals surface area contributed by atoms with Gasteiger partial charge in [-0.3, -0.25) is 4.79 Å². The molecule has 9 heteroatoms. The average Bonchev–Trinajstić information content (AvgIpc) is 3.05. The molecule has 2 aromatic rings. The van der Waals surface area contributed by atoms with E-state index in [2.05, 4.69) is 4.98 Å². The highest BCUT2D eigenvalue weighted by molar-refractivity contribution is 7.91. The van der Waals surface area contributed by atoms with Gasteiger partial charge in [0.1, 0.15) is 10.0 Å². The van der Waals surface area contributed by atoms with E-state index in [-0.39, 0.29) is 17.2 Å². The minimum Gasteiger partial charge on any atom is -0.481 e. The van der Waals surface area contributed by atoms with Crippen LogP contribution in [0.1, 0.15) is 10.7 Å². The molecule has 0 unspecified atom stereocenters. The van der Waals surface area contributed by atoms with Crippen LogP contribution >= 0.6 is 11.3 Å². The van der Waals surface area contributed by atoms with Gasteiger partial charge < -0.3 is 9.67 Å². The van der Waals surface area contributed by atoms with Gasteiger partial charge in [-0.25, -0.2) is 13.4 Å². The van der Waals surface area contributed by atoms with E-state index in [0.29, 0.717) is 23.8 Å². The highest BCUT2D eigenvalue weighted by atomic mass is 32.2. The molecule has 1 aliphatic rings. The highest BCUT2D eigenvalue weighted by Crippen LogP contribution is 2.27. The Hall–Kier alpha value is -1.71. The van der Waals surface area contributed by atoms with E-state index < -0.39 is 16.0 Å². The zero-order valence-corrected chi connectivity index (χ0v) is 12.6. The second-order valence-electron chi connectivity index (χ2n) is 4.67. The molecule has 0 fully saturated rings.